The number of hydrogen-bond donors (Lipinski definition) is 0. The number of epoxide rings is 1. The molecule has 2 aliphatic rings. The SMILES string of the molecule is c1cc2c(cn1)CN(CC1CO1)CC2. The van der Waals surface area contributed by atoms with E-state index in [9.17, 15) is 0 Å². The number of hydrogen-bond acceptors (Lipinski definition) is 3. The van der Waals surface area contributed by atoms with Crippen LogP contribution in [0.5, 0.6) is 0 Å². The van der Waals surface area contributed by atoms with Crippen molar-refractivity contribution in [3.63, 3.8) is 0 Å². The average molecular weight is 190 g/mol. The highest BCUT2D eigenvalue weighted by atomic mass is 16.6. The molecule has 2 aliphatic heterocycles. The zero-order valence-corrected chi connectivity index (χ0v) is 8.15. The molecule has 3 heteroatoms. The van der Waals surface area contributed by atoms with Crippen LogP contribution in [0, 0.1) is 0 Å². The van der Waals surface area contributed by atoms with Gasteiger partial charge in [-0.3, -0.25) is 9.88 Å². The zero-order chi connectivity index (χ0) is 9.38. The molecule has 1 fully saturated rings. The number of nitrogens with zero attached hydrogens (tertiary/aromatic N) is 2. The second-order valence-corrected chi connectivity index (χ2v) is 4.08. The first-order valence-corrected chi connectivity index (χ1v) is 5.17. The van der Waals surface area contributed by atoms with Crippen molar-refractivity contribution in [1.29, 1.82) is 0 Å². The molecular formula is C11H14N2O. The van der Waals surface area contributed by atoms with Gasteiger partial charge < -0.3 is 4.74 Å². The van der Waals surface area contributed by atoms with Gasteiger partial charge in [0.1, 0.15) is 0 Å². The Kier molecular flexibility index (Phi) is 2.00. The molecule has 3 rings (SSSR count). The molecule has 1 aromatic rings. The number of pyridine rings is 1. The van der Waals surface area contributed by atoms with Gasteiger partial charge in [0.15, 0.2) is 0 Å². The monoisotopic (exact) mass is 190 g/mol. The summed E-state index contributed by atoms with van der Waals surface area (Å²) >= 11 is 0. The molecule has 1 aromatic heterocycles. The third-order valence-electron chi connectivity index (χ3n) is 2.96. The first kappa shape index (κ1) is 8.38. The minimum absolute atomic E-state index is 0.508. The lowest BCUT2D eigenvalue weighted by Gasteiger charge is -2.27. The summed E-state index contributed by atoms with van der Waals surface area (Å²) in [7, 11) is 0. The summed E-state index contributed by atoms with van der Waals surface area (Å²) in [6.45, 7) is 4.25. The predicted octanol–water partition coefficient (Wildman–Crippen LogP) is 0.839. The molecule has 0 spiro atoms. The normalized spacial score (nSPS) is 25.9. The summed E-state index contributed by atoms with van der Waals surface area (Å²) in [6.07, 6.45) is 5.55. The molecule has 0 saturated carbocycles. The Morgan fingerprint density at radius 2 is 2.43 bits per heavy atom. The van der Waals surface area contributed by atoms with Gasteiger partial charge in [0, 0.05) is 32.0 Å². The Morgan fingerprint density at radius 1 is 1.50 bits per heavy atom. The highest BCUT2D eigenvalue weighted by Crippen LogP contribution is 2.20. The summed E-state index contributed by atoms with van der Waals surface area (Å²) < 4.78 is 5.24. The molecule has 3 heterocycles. The second-order valence-electron chi connectivity index (χ2n) is 4.08. The first-order valence-electron chi connectivity index (χ1n) is 5.17. The molecule has 0 aliphatic carbocycles. The van der Waals surface area contributed by atoms with Gasteiger partial charge in [-0.2, -0.15) is 0 Å². The number of rotatable bonds is 2. The summed E-state index contributed by atoms with van der Waals surface area (Å²) in [5, 5.41) is 0. The van der Waals surface area contributed by atoms with Crippen LogP contribution in [-0.2, 0) is 17.7 Å². The Bertz CT molecular complexity index is 336. The van der Waals surface area contributed by atoms with Gasteiger partial charge in [0.25, 0.3) is 0 Å². The lowest BCUT2D eigenvalue weighted by Crippen LogP contribution is -2.33. The van der Waals surface area contributed by atoms with E-state index < -0.39 is 0 Å². The molecular weight excluding hydrogens is 176 g/mol. The molecule has 14 heavy (non-hydrogen) atoms. The quantitative estimate of drug-likeness (QED) is 0.647. The van der Waals surface area contributed by atoms with Crippen molar-refractivity contribution in [3.8, 4) is 0 Å². The van der Waals surface area contributed by atoms with Crippen molar-refractivity contribution in [2.75, 3.05) is 19.7 Å². The van der Waals surface area contributed by atoms with Gasteiger partial charge in [-0.25, -0.2) is 0 Å². The summed E-state index contributed by atoms with van der Waals surface area (Å²) in [5.74, 6) is 0. The van der Waals surface area contributed by atoms with Crippen LogP contribution < -0.4 is 0 Å². The molecule has 0 radical (unpaired) electrons. The van der Waals surface area contributed by atoms with E-state index in [0.717, 1.165) is 32.7 Å². The standard InChI is InChI=1S/C11H14N2O/c1-3-12-5-10-6-13(4-2-9(1)10)7-11-8-14-11/h1,3,5,11H,2,4,6-8H2. The predicted molar refractivity (Wildman–Crippen MR) is 53.0 cm³/mol. The van der Waals surface area contributed by atoms with Gasteiger partial charge >= 0.3 is 0 Å². The third kappa shape index (κ3) is 1.65. The van der Waals surface area contributed by atoms with Crippen molar-refractivity contribution in [2.45, 2.75) is 19.1 Å². The van der Waals surface area contributed by atoms with E-state index in [4.69, 9.17) is 4.74 Å². The van der Waals surface area contributed by atoms with Crippen molar-refractivity contribution in [1.82, 2.24) is 9.88 Å². The topological polar surface area (TPSA) is 28.7 Å². The molecule has 1 saturated heterocycles. The van der Waals surface area contributed by atoms with Crippen LogP contribution in [0.3, 0.4) is 0 Å². The van der Waals surface area contributed by atoms with E-state index in [1.54, 1.807) is 0 Å². The average Bonchev–Trinajstić information content (AvgIpc) is 3.02. The summed E-state index contributed by atoms with van der Waals surface area (Å²) in [6, 6.07) is 2.14. The highest BCUT2D eigenvalue weighted by Gasteiger charge is 2.27. The minimum atomic E-state index is 0.508. The maximum absolute atomic E-state index is 5.24. The number of aromatic nitrogens is 1. The molecule has 0 N–H and O–H groups in total. The van der Waals surface area contributed by atoms with Crippen LogP contribution in [0.4, 0.5) is 0 Å². The lowest BCUT2D eigenvalue weighted by atomic mass is 10.0. The lowest BCUT2D eigenvalue weighted by molar-refractivity contribution is 0.225. The molecule has 74 valence electrons. The zero-order valence-electron chi connectivity index (χ0n) is 8.15. The van der Waals surface area contributed by atoms with E-state index in [0.29, 0.717) is 6.10 Å². The van der Waals surface area contributed by atoms with E-state index in [1.165, 1.54) is 11.1 Å². The van der Waals surface area contributed by atoms with Crippen LogP contribution in [0.15, 0.2) is 18.5 Å². The van der Waals surface area contributed by atoms with Crippen molar-refractivity contribution in [2.24, 2.45) is 0 Å². The maximum Gasteiger partial charge on any atom is 0.0936 e. The van der Waals surface area contributed by atoms with Gasteiger partial charge in [0.05, 0.1) is 12.7 Å². The van der Waals surface area contributed by atoms with Gasteiger partial charge in [-0.1, -0.05) is 0 Å². The van der Waals surface area contributed by atoms with Gasteiger partial charge in [-0.05, 0) is 23.6 Å². The van der Waals surface area contributed by atoms with E-state index in [1.807, 2.05) is 12.4 Å². The van der Waals surface area contributed by atoms with E-state index >= 15 is 0 Å². The first-order chi connectivity index (χ1) is 6.92. The smallest absolute Gasteiger partial charge is 0.0936 e. The molecule has 1 unspecified atom stereocenters. The van der Waals surface area contributed by atoms with Crippen molar-refractivity contribution >= 4 is 0 Å². The second kappa shape index (κ2) is 3.33. The van der Waals surface area contributed by atoms with Crippen LogP contribution in [0.25, 0.3) is 0 Å². The Morgan fingerprint density at radius 3 is 3.29 bits per heavy atom. The van der Waals surface area contributed by atoms with Gasteiger partial charge in [-0.15, -0.1) is 0 Å². The third-order valence-corrected chi connectivity index (χ3v) is 2.96. The molecule has 3 nitrogen and oxygen atoms in total. The number of ether oxygens (including phenoxy) is 1. The van der Waals surface area contributed by atoms with E-state index in [2.05, 4.69) is 16.0 Å². The van der Waals surface area contributed by atoms with Crippen LogP contribution in [-0.4, -0.2) is 35.7 Å². The molecule has 0 aromatic carbocycles. The highest BCUT2D eigenvalue weighted by molar-refractivity contribution is 5.25. The Labute approximate surface area is 83.7 Å². The fourth-order valence-electron chi connectivity index (χ4n) is 2.06. The van der Waals surface area contributed by atoms with Crippen molar-refractivity contribution < 1.29 is 4.74 Å². The van der Waals surface area contributed by atoms with Gasteiger partial charge in [0.2, 0.25) is 0 Å². The van der Waals surface area contributed by atoms with Crippen LogP contribution in [0.1, 0.15) is 11.1 Å². The molecule has 0 amide bonds. The van der Waals surface area contributed by atoms with E-state index in [-0.39, 0.29) is 0 Å². The van der Waals surface area contributed by atoms with Crippen LogP contribution in [0.2, 0.25) is 0 Å². The number of fused-ring (bicyclic) bond motifs is 1. The summed E-state index contributed by atoms with van der Waals surface area (Å²) in [4.78, 5) is 6.63. The van der Waals surface area contributed by atoms with Crippen molar-refractivity contribution in [3.05, 3.63) is 29.6 Å². The largest absolute Gasteiger partial charge is 0.372 e. The molecule has 1 atom stereocenters. The fourth-order valence-corrected chi connectivity index (χ4v) is 2.06. The van der Waals surface area contributed by atoms with Crippen LogP contribution >= 0.6 is 0 Å². The fraction of sp³-hybridized carbons (Fsp3) is 0.545. The minimum Gasteiger partial charge on any atom is -0.372 e. The summed E-state index contributed by atoms with van der Waals surface area (Å²) in [5.41, 5.74) is 2.85. The Hall–Kier alpha value is -0.930. The molecule has 0 bridgehead atoms. The Balaban J connectivity index is 1.72. The maximum atomic E-state index is 5.24.